The van der Waals surface area contributed by atoms with E-state index < -0.39 is 18.1 Å². The molecule has 2 N–H and O–H groups in total. The summed E-state index contributed by atoms with van der Waals surface area (Å²) in [5, 5.41) is 8.58. The van der Waals surface area contributed by atoms with Crippen molar-refractivity contribution in [3.8, 4) is 23.7 Å². The summed E-state index contributed by atoms with van der Waals surface area (Å²) in [4.78, 5) is 24.4. The van der Waals surface area contributed by atoms with E-state index >= 15 is 0 Å². The Morgan fingerprint density at radius 1 is 1.26 bits per heavy atom. The van der Waals surface area contributed by atoms with Crippen molar-refractivity contribution in [2.24, 2.45) is 5.92 Å². The number of amides is 2. The van der Waals surface area contributed by atoms with Crippen LogP contribution < -0.4 is 10.4 Å². The lowest BCUT2D eigenvalue weighted by atomic mass is 10.2. The van der Waals surface area contributed by atoms with Crippen LogP contribution in [-0.4, -0.2) is 29.9 Å². The Morgan fingerprint density at radius 3 is 2.65 bits per heavy atom. The van der Waals surface area contributed by atoms with Crippen LogP contribution in [-0.2, 0) is 9.53 Å². The molecule has 23 heavy (non-hydrogen) atoms. The third kappa shape index (κ3) is 3.63. The summed E-state index contributed by atoms with van der Waals surface area (Å²) >= 11 is 0. The van der Waals surface area contributed by atoms with E-state index in [9.17, 15) is 9.59 Å². The molecular weight excluding hydrogens is 296 g/mol. The molecule has 0 unspecified atom stereocenters. The zero-order chi connectivity index (χ0) is 16.2. The van der Waals surface area contributed by atoms with Crippen molar-refractivity contribution in [1.29, 1.82) is 0 Å². The Morgan fingerprint density at radius 2 is 2.00 bits per heavy atom. The van der Waals surface area contributed by atoms with Crippen molar-refractivity contribution in [2.45, 2.75) is 18.9 Å². The van der Waals surface area contributed by atoms with Crippen molar-refractivity contribution >= 4 is 17.7 Å². The van der Waals surface area contributed by atoms with E-state index in [1.165, 1.54) is 23.2 Å². The summed E-state index contributed by atoms with van der Waals surface area (Å²) in [6.45, 7) is 0.0448. The van der Waals surface area contributed by atoms with E-state index in [0.29, 0.717) is 11.6 Å². The van der Waals surface area contributed by atoms with Crippen LogP contribution in [0.3, 0.4) is 0 Å². The van der Waals surface area contributed by atoms with Crippen LogP contribution in [0.2, 0.25) is 0 Å². The highest BCUT2D eigenvalue weighted by Gasteiger charge is 2.36. The SMILES string of the molecule is O=C(NO)[C@@H]1CN(c2ccc(C#CC#CC3CC3)cc2)C(=O)O1. The van der Waals surface area contributed by atoms with Gasteiger partial charge in [-0.15, -0.1) is 0 Å². The molecule has 1 atom stereocenters. The van der Waals surface area contributed by atoms with Crippen LogP contribution in [0.4, 0.5) is 10.5 Å². The van der Waals surface area contributed by atoms with E-state index in [0.717, 1.165) is 5.56 Å². The van der Waals surface area contributed by atoms with E-state index in [2.05, 4.69) is 23.7 Å². The van der Waals surface area contributed by atoms with Gasteiger partial charge < -0.3 is 4.74 Å². The molecule has 6 nitrogen and oxygen atoms in total. The largest absolute Gasteiger partial charge is 0.434 e. The van der Waals surface area contributed by atoms with Gasteiger partial charge in [0.25, 0.3) is 5.91 Å². The Hall–Kier alpha value is -2.96. The van der Waals surface area contributed by atoms with Crippen LogP contribution in [0.1, 0.15) is 18.4 Å². The van der Waals surface area contributed by atoms with Gasteiger partial charge in [0, 0.05) is 17.2 Å². The minimum atomic E-state index is -1.02. The first-order valence-corrected chi connectivity index (χ1v) is 7.21. The van der Waals surface area contributed by atoms with Gasteiger partial charge in [-0.05, 0) is 48.9 Å². The molecule has 2 fully saturated rings. The molecular formula is C17H14N2O4. The van der Waals surface area contributed by atoms with Gasteiger partial charge in [0.1, 0.15) is 0 Å². The fourth-order valence-corrected chi connectivity index (χ4v) is 2.08. The normalized spacial score (nSPS) is 19.1. The molecule has 0 spiro atoms. The minimum Gasteiger partial charge on any atom is -0.434 e. The molecule has 1 aliphatic carbocycles. The van der Waals surface area contributed by atoms with Crippen LogP contribution in [0.25, 0.3) is 0 Å². The molecule has 0 radical (unpaired) electrons. The zero-order valence-corrected chi connectivity index (χ0v) is 12.2. The first-order chi connectivity index (χ1) is 11.2. The number of anilines is 1. The summed E-state index contributed by atoms with van der Waals surface area (Å²) in [7, 11) is 0. The van der Waals surface area contributed by atoms with Gasteiger partial charge in [0.15, 0.2) is 0 Å². The van der Waals surface area contributed by atoms with Crippen LogP contribution in [0, 0.1) is 29.6 Å². The topological polar surface area (TPSA) is 78.9 Å². The molecule has 1 aliphatic heterocycles. The number of cyclic esters (lactones) is 1. The van der Waals surface area contributed by atoms with Crippen molar-refractivity contribution < 1.29 is 19.5 Å². The number of rotatable bonds is 2. The Labute approximate surface area is 133 Å². The molecule has 2 aliphatic rings. The van der Waals surface area contributed by atoms with E-state index in [1.807, 2.05) is 0 Å². The number of nitrogens with zero attached hydrogens (tertiary/aromatic N) is 1. The van der Waals surface area contributed by atoms with E-state index in [4.69, 9.17) is 9.94 Å². The van der Waals surface area contributed by atoms with Gasteiger partial charge in [-0.25, -0.2) is 10.3 Å². The van der Waals surface area contributed by atoms with Gasteiger partial charge in [-0.2, -0.15) is 0 Å². The number of benzene rings is 1. The maximum Gasteiger partial charge on any atom is 0.415 e. The van der Waals surface area contributed by atoms with Crippen molar-refractivity contribution in [1.82, 2.24) is 5.48 Å². The molecule has 3 rings (SSSR count). The van der Waals surface area contributed by atoms with Gasteiger partial charge in [-0.3, -0.25) is 14.9 Å². The lowest BCUT2D eigenvalue weighted by molar-refractivity contribution is -0.136. The van der Waals surface area contributed by atoms with E-state index in [1.54, 1.807) is 24.3 Å². The summed E-state index contributed by atoms with van der Waals surface area (Å²) in [6.07, 6.45) is 0.687. The summed E-state index contributed by atoms with van der Waals surface area (Å²) in [5.41, 5.74) is 2.86. The second-order valence-electron chi connectivity index (χ2n) is 5.30. The molecule has 1 aromatic carbocycles. The number of nitrogens with one attached hydrogen (secondary N) is 1. The molecule has 1 heterocycles. The fraction of sp³-hybridized carbons (Fsp3) is 0.294. The Bertz CT molecular complexity index is 745. The molecule has 1 aromatic rings. The Kier molecular flexibility index (Phi) is 4.18. The highest BCUT2D eigenvalue weighted by Crippen LogP contribution is 2.27. The van der Waals surface area contributed by atoms with Gasteiger partial charge in [-0.1, -0.05) is 11.8 Å². The molecule has 1 saturated carbocycles. The average Bonchev–Trinajstić information content (AvgIpc) is 3.32. The van der Waals surface area contributed by atoms with Gasteiger partial charge in [0.2, 0.25) is 6.10 Å². The van der Waals surface area contributed by atoms with Crippen LogP contribution in [0.5, 0.6) is 0 Å². The zero-order valence-electron chi connectivity index (χ0n) is 12.2. The number of carbonyl (C=O) groups is 2. The third-order valence-corrected chi connectivity index (χ3v) is 3.52. The molecule has 2 amide bonds. The van der Waals surface area contributed by atoms with Crippen LogP contribution in [0.15, 0.2) is 24.3 Å². The molecule has 6 heteroatoms. The van der Waals surface area contributed by atoms with Gasteiger partial charge in [0.05, 0.1) is 6.54 Å². The summed E-state index contributed by atoms with van der Waals surface area (Å²) < 4.78 is 4.89. The first kappa shape index (κ1) is 15.0. The maximum atomic E-state index is 11.8. The second-order valence-corrected chi connectivity index (χ2v) is 5.30. The second kappa shape index (κ2) is 6.43. The predicted molar refractivity (Wildman–Crippen MR) is 81.4 cm³/mol. The quantitative estimate of drug-likeness (QED) is 0.490. The number of ether oxygens (including phenoxy) is 1. The van der Waals surface area contributed by atoms with Crippen LogP contribution >= 0.6 is 0 Å². The fourth-order valence-electron chi connectivity index (χ4n) is 2.08. The lowest BCUT2D eigenvalue weighted by Crippen LogP contribution is -2.35. The predicted octanol–water partition coefficient (Wildman–Crippen LogP) is 1.28. The highest BCUT2D eigenvalue weighted by molar-refractivity contribution is 5.95. The van der Waals surface area contributed by atoms with Crippen molar-refractivity contribution in [2.75, 3.05) is 11.4 Å². The standard InChI is InChI=1S/C17H14N2O4/c20-16(18-22)15-11-19(17(21)23-15)14-9-7-13(8-10-14)4-2-1-3-12-5-6-12/h7-10,12,15,22H,5-6,11H2,(H,18,20)/t15-/m0/s1. The number of hydrogen-bond donors (Lipinski definition) is 2. The highest BCUT2D eigenvalue weighted by atomic mass is 16.6. The Balaban J connectivity index is 1.66. The smallest absolute Gasteiger partial charge is 0.415 e. The average molecular weight is 310 g/mol. The molecule has 0 aromatic heterocycles. The number of hydrogen-bond acceptors (Lipinski definition) is 4. The lowest BCUT2D eigenvalue weighted by Gasteiger charge is -2.12. The van der Waals surface area contributed by atoms with Crippen molar-refractivity contribution in [3.63, 3.8) is 0 Å². The van der Waals surface area contributed by atoms with E-state index in [-0.39, 0.29) is 6.54 Å². The van der Waals surface area contributed by atoms with Crippen molar-refractivity contribution in [3.05, 3.63) is 29.8 Å². The maximum absolute atomic E-state index is 11.8. The third-order valence-electron chi connectivity index (χ3n) is 3.52. The van der Waals surface area contributed by atoms with Gasteiger partial charge >= 0.3 is 6.09 Å². The minimum absolute atomic E-state index is 0.0448. The first-order valence-electron chi connectivity index (χ1n) is 7.21. The molecule has 0 bridgehead atoms. The summed E-state index contributed by atoms with van der Waals surface area (Å²) in [6, 6.07) is 6.99. The monoisotopic (exact) mass is 310 g/mol. The number of hydroxylamine groups is 1. The molecule has 116 valence electrons. The molecule has 1 saturated heterocycles. The number of carbonyl (C=O) groups excluding carboxylic acids is 2. The summed E-state index contributed by atoms with van der Waals surface area (Å²) in [5.74, 6) is 11.4.